The van der Waals surface area contributed by atoms with Gasteiger partial charge in [0.05, 0.1) is 0 Å². The Hall–Kier alpha value is -0.610. The Balaban J connectivity index is 0. The summed E-state index contributed by atoms with van der Waals surface area (Å²) < 4.78 is 0. The molecule has 0 aliphatic carbocycles. The van der Waals surface area contributed by atoms with Gasteiger partial charge >= 0.3 is 5.97 Å². The Morgan fingerprint density at radius 2 is 2.17 bits per heavy atom. The molecule has 12 heavy (non-hydrogen) atoms. The second-order valence-corrected chi connectivity index (χ2v) is 2.46. The van der Waals surface area contributed by atoms with Gasteiger partial charge in [0.2, 0.25) is 0 Å². The van der Waals surface area contributed by atoms with E-state index in [9.17, 15) is 4.79 Å². The fourth-order valence-corrected chi connectivity index (χ4v) is 0.884. The predicted octanol–water partition coefficient (Wildman–Crippen LogP) is 0.424. The number of carboxylic acid groups (broad SMARTS) is 1. The molecular formula is C8H20N2O2. The van der Waals surface area contributed by atoms with E-state index in [1.54, 1.807) is 7.05 Å². The average Bonchev–Trinajstić information content (AvgIpc) is 1.97. The summed E-state index contributed by atoms with van der Waals surface area (Å²) in [6.07, 6.45) is 2.42. The van der Waals surface area contributed by atoms with Gasteiger partial charge in [-0.3, -0.25) is 4.79 Å². The number of hydrogen-bond donors (Lipinski definition) is 3. The predicted molar refractivity (Wildman–Crippen MR) is 50.1 cm³/mol. The van der Waals surface area contributed by atoms with Crippen molar-refractivity contribution in [2.75, 3.05) is 13.6 Å². The van der Waals surface area contributed by atoms with Crippen molar-refractivity contribution < 1.29 is 9.90 Å². The summed E-state index contributed by atoms with van der Waals surface area (Å²) in [5, 5.41) is 11.3. The standard InChI is InChI=1S/C7H16N2O2.CH4/c1-9-6(7(10)11)4-2-3-5-8;/h6,9H,2-5,8H2,1H3,(H,10,11);1H4. The van der Waals surface area contributed by atoms with Gasteiger partial charge in [0.1, 0.15) is 6.04 Å². The first-order valence-electron chi connectivity index (χ1n) is 3.82. The van der Waals surface area contributed by atoms with Crippen LogP contribution in [0.25, 0.3) is 0 Å². The lowest BCUT2D eigenvalue weighted by Crippen LogP contribution is -2.33. The van der Waals surface area contributed by atoms with E-state index in [0.29, 0.717) is 13.0 Å². The second kappa shape index (κ2) is 8.49. The van der Waals surface area contributed by atoms with Crippen LogP contribution in [0.15, 0.2) is 0 Å². The van der Waals surface area contributed by atoms with E-state index in [4.69, 9.17) is 10.8 Å². The van der Waals surface area contributed by atoms with E-state index in [1.165, 1.54) is 0 Å². The first kappa shape index (κ1) is 13.9. The first-order valence-corrected chi connectivity index (χ1v) is 3.82. The van der Waals surface area contributed by atoms with Crippen LogP contribution in [0, 0.1) is 0 Å². The lowest BCUT2D eigenvalue weighted by molar-refractivity contribution is -0.139. The van der Waals surface area contributed by atoms with Crippen LogP contribution in [0.5, 0.6) is 0 Å². The molecular weight excluding hydrogens is 156 g/mol. The maximum Gasteiger partial charge on any atom is 0.320 e. The Kier molecular flexibility index (Phi) is 9.86. The van der Waals surface area contributed by atoms with E-state index >= 15 is 0 Å². The summed E-state index contributed by atoms with van der Waals surface area (Å²) in [5.74, 6) is -0.787. The third-order valence-electron chi connectivity index (χ3n) is 1.59. The van der Waals surface area contributed by atoms with E-state index in [2.05, 4.69) is 5.32 Å². The highest BCUT2D eigenvalue weighted by atomic mass is 16.4. The maximum atomic E-state index is 10.4. The number of carboxylic acids is 1. The van der Waals surface area contributed by atoms with Gasteiger partial charge in [0.15, 0.2) is 0 Å². The zero-order chi connectivity index (χ0) is 8.69. The molecule has 0 radical (unpaired) electrons. The minimum Gasteiger partial charge on any atom is -0.480 e. The van der Waals surface area contributed by atoms with Crippen molar-refractivity contribution in [1.82, 2.24) is 5.32 Å². The zero-order valence-corrected chi connectivity index (χ0v) is 6.84. The Morgan fingerprint density at radius 1 is 1.58 bits per heavy atom. The third kappa shape index (κ3) is 6.12. The van der Waals surface area contributed by atoms with Crippen molar-refractivity contribution in [3.63, 3.8) is 0 Å². The first-order chi connectivity index (χ1) is 5.22. The molecule has 0 aromatic rings. The molecule has 0 rings (SSSR count). The van der Waals surface area contributed by atoms with Crippen LogP contribution in [-0.2, 0) is 4.79 Å². The molecule has 74 valence electrons. The molecule has 0 aromatic heterocycles. The molecule has 0 aliphatic heterocycles. The van der Waals surface area contributed by atoms with Gasteiger partial charge in [-0.2, -0.15) is 0 Å². The fraction of sp³-hybridized carbons (Fsp3) is 0.875. The highest BCUT2D eigenvalue weighted by Gasteiger charge is 2.12. The lowest BCUT2D eigenvalue weighted by Gasteiger charge is -2.09. The lowest BCUT2D eigenvalue weighted by atomic mass is 10.1. The molecule has 0 saturated heterocycles. The summed E-state index contributed by atoms with van der Waals surface area (Å²) in [6.45, 7) is 0.635. The van der Waals surface area contributed by atoms with E-state index in [1.807, 2.05) is 0 Å². The average molecular weight is 176 g/mol. The minimum absolute atomic E-state index is 0. The van der Waals surface area contributed by atoms with Crippen molar-refractivity contribution in [3.05, 3.63) is 0 Å². The summed E-state index contributed by atoms with van der Waals surface area (Å²) in [5.41, 5.74) is 5.26. The van der Waals surface area contributed by atoms with Gasteiger partial charge in [-0.25, -0.2) is 0 Å². The molecule has 0 aliphatic rings. The Labute approximate surface area is 74.1 Å². The fourth-order valence-electron chi connectivity index (χ4n) is 0.884. The third-order valence-corrected chi connectivity index (χ3v) is 1.59. The van der Waals surface area contributed by atoms with E-state index < -0.39 is 12.0 Å². The second-order valence-electron chi connectivity index (χ2n) is 2.46. The molecule has 0 bridgehead atoms. The van der Waals surface area contributed by atoms with Crippen LogP contribution in [-0.4, -0.2) is 30.7 Å². The molecule has 0 spiro atoms. The number of aliphatic carboxylic acids is 1. The summed E-state index contributed by atoms with van der Waals surface area (Å²) in [4.78, 5) is 10.4. The number of nitrogens with two attached hydrogens (primary N) is 1. The largest absolute Gasteiger partial charge is 0.480 e. The van der Waals surface area contributed by atoms with Crippen LogP contribution in [0.1, 0.15) is 26.7 Å². The van der Waals surface area contributed by atoms with Crippen LogP contribution in [0.2, 0.25) is 0 Å². The maximum absolute atomic E-state index is 10.4. The molecule has 0 aromatic carbocycles. The molecule has 1 atom stereocenters. The molecule has 4 N–H and O–H groups in total. The molecule has 0 saturated carbocycles. The number of carbonyl (C=O) groups is 1. The molecule has 0 amide bonds. The molecule has 0 fully saturated rings. The van der Waals surface area contributed by atoms with Gasteiger partial charge in [-0.15, -0.1) is 0 Å². The van der Waals surface area contributed by atoms with Gasteiger partial charge < -0.3 is 16.2 Å². The summed E-state index contributed by atoms with van der Waals surface area (Å²) in [6, 6.07) is -0.415. The van der Waals surface area contributed by atoms with Gasteiger partial charge in [0.25, 0.3) is 0 Å². The van der Waals surface area contributed by atoms with E-state index in [0.717, 1.165) is 12.8 Å². The van der Waals surface area contributed by atoms with Crippen LogP contribution in [0.3, 0.4) is 0 Å². The normalized spacial score (nSPS) is 11.8. The highest BCUT2D eigenvalue weighted by molar-refractivity contribution is 5.73. The van der Waals surface area contributed by atoms with Gasteiger partial charge in [0, 0.05) is 0 Å². The SMILES string of the molecule is C.CNC(CCCCN)C(=O)O. The number of likely N-dealkylation sites (N-methyl/N-ethyl adjacent to an activating group) is 1. The molecule has 0 heterocycles. The van der Waals surface area contributed by atoms with E-state index in [-0.39, 0.29) is 7.43 Å². The number of unbranched alkanes of at least 4 members (excludes halogenated alkanes) is 1. The smallest absolute Gasteiger partial charge is 0.320 e. The van der Waals surface area contributed by atoms with Crippen molar-refractivity contribution in [3.8, 4) is 0 Å². The zero-order valence-electron chi connectivity index (χ0n) is 6.84. The van der Waals surface area contributed by atoms with Crippen molar-refractivity contribution >= 4 is 5.97 Å². The quantitative estimate of drug-likeness (QED) is 0.513. The monoisotopic (exact) mass is 176 g/mol. The summed E-state index contributed by atoms with van der Waals surface area (Å²) >= 11 is 0. The van der Waals surface area contributed by atoms with Crippen molar-refractivity contribution in [2.45, 2.75) is 32.7 Å². The number of hydrogen-bond acceptors (Lipinski definition) is 3. The van der Waals surface area contributed by atoms with Crippen LogP contribution >= 0.6 is 0 Å². The summed E-state index contributed by atoms with van der Waals surface area (Å²) in [7, 11) is 1.65. The van der Waals surface area contributed by atoms with Crippen LogP contribution < -0.4 is 11.1 Å². The highest BCUT2D eigenvalue weighted by Crippen LogP contribution is 1.99. The number of rotatable bonds is 6. The molecule has 4 nitrogen and oxygen atoms in total. The number of nitrogens with one attached hydrogen (secondary N) is 1. The van der Waals surface area contributed by atoms with Gasteiger partial charge in [-0.1, -0.05) is 13.8 Å². The van der Waals surface area contributed by atoms with Gasteiger partial charge in [-0.05, 0) is 26.4 Å². The molecule has 1 unspecified atom stereocenters. The molecule has 4 heteroatoms. The van der Waals surface area contributed by atoms with Crippen LogP contribution in [0.4, 0.5) is 0 Å². The topological polar surface area (TPSA) is 75.3 Å². The Morgan fingerprint density at radius 3 is 2.50 bits per heavy atom. The van der Waals surface area contributed by atoms with Crippen molar-refractivity contribution in [1.29, 1.82) is 0 Å². The minimum atomic E-state index is -0.787. The van der Waals surface area contributed by atoms with Crippen molar-refractivity contribution in [2.24, 2.45) is 5.73 Å². The Bertz CT molecular complexity index is 118.